The van der Waals surface area contributed by atoms with Crippen molar-refractivity contribution in [2.75, 3.05) is 0 Å². The fourth-order valence-electron chi connectivity index (χ4n) is 4.19. The zero-order chi connectivity index (χ0) is 19.5. The van der Waals surface area contributed by atoms with E-state index in [1.807, 2.05) is 38.1 Å². The highest BCUT2D eigenvalue weighted by Crippen LogP contribution is 2.38. The second-order valence-corrected chi connectivity index (χ2v) is 7.73. The van der Waals surface area contributed by atoms with E-state index >= 15 is 0 Å². The number of fused-ring (bicyclic) bond motifs is 3. The van der Waals surface area contributed by atoms with E-state index < -0.39 is 5.60 Å². The molecule has 5 rings (SSSR count). The third-order valence-electron chi connectivity index (χ3n) is 5.57. The van der Waals surface area contributed by atoms with Crippen LogP contribution < -0.4 is 5.56 Å². The molecule has 0 unspecified atom stereocenters. The summed E-state index contributed by atoms with van der Waals surface area (Å²) in [5, 5.41) is 14.7. The third-order valence-corrected chi connectivity index (χ3v) is 5.57. The molecule has 8 heteroatoms. The molecule has 4 aromatic rings. The predicted molar refractivity (Wildman–Crippen MR) is 103 cm³/mol. The molecule has 3 heterocycles. The molecular formula is C20H21N5O3. The molecule has 0 atom stereocenters. The van der Waals surface area contributed by atoms with Crippen LogP contribution in [-0.2, 0) is 5.60 Å². The van der Waals surface area contributed by atoms with Gasteiger partial charge in [-0.15, -0.1) is 0 Å². The fraction of sp³-hybridized carbons (Fsp3) is 0.400. The number of imidazole rings is 1. The highest BCUT2D eigenvalue weighted by Gasteiger charge is 2.39. The average molecular weight is 379 g/mol. The average Bonchev–Trinajstić information content (AvgIpc) is 3.41. The van der Waals surface area contributed by atoms with Gasteiger partial charge in [-0.2, -0.15) is 4.98 Å². The van der Waals surface area contributed by atoms with Crippen LogP contribution in [0.2, 0.25) is 0 Å². The number of aromatic nitrogens is 5. The van der Waals surface area contributed by atoms with Gasteiger partial charge in [-0.05, 0) is 51.7 Å². The molecule has 144 valence electrons. The van der Waals surface area contributed by atoms with Crippen molar-refractivity contribution in [1.29, 1.82) is 0 Å². The Bertz CT molecular complexity index is 1240. The minimum atomic E-state index is -1.08. The van der Waals surface area contributed by atoms with Crippen LogP contribution in [-0.4, -0.2) is 29.2 Å². The van der Waals surface area contributed by atoms with Crippen LogP contribution in [0.15, 0.2) is 39.9 Å². The van der Waals surface area contributed by atoms with E-state index in [9.17, 15) is 9.90 Å². The summed E-state index contributed by atoms with van der Waals surface area (Å²) in [6, 6.07) is 7.70. The van der Waals surface area contributed by atoms with Gasteiger partial charge in [-0.1, -0.05) is 17.3 Å². The molecule has 1 saturated carbocycles. The van der Waals surface area contributed by atoms with Gasteiger partial charge in [0.2, 0.25) is 5.82 Å². The van der Waals surface area contributed by atoms with Crippen molar-refractivity contribution in [1.82, 2.24) is 24.1 Å². The Morgan fingerprint density at radius 1 is 1.18 bits per heavy atom. The number of nitrogens with zero attached hydrogens (tertiary/aromatic N) is 5. The van der Waals surface area contributed by atoms with Crippen molar-refractivity contribution in [3.63, 3.8) is 0 Å². The maximum atomic E-state index is 13.3. The molecule has 1 aliphatic rings. The molecule has 8 nitrogen and oxygen atoms in total. The van der Waals surface area contributed by atoms with Crippen LogP contribution in [0.3, 0.4) is 0 Å². The molecule has 1 aromatic carbocycles. The van der Waals surface area contributed by atoms with Crippen molar-refractivity contribution >= 4 is 16.6 Å². The zero-order valence-corrected chi connectivity index (χ0v) is 15.8. The lowest BCUT2D eigenvalue weighted by Crippen LogP contribution is -2.24. The highest BCUT2D eigenvalue weighted by molar-refractivity contribution is 5.83. The van der Waals surface area contributed by atoms with E-state index in [-0.39, 0.29) is 23.3 Å². The number of rotatable bonds is 3. The molecule has 0 aliphatic heterocycles. The van der Waals surface area contributed by atoms with E-state index in [4.69, 9.17) is 4.52 Å². The molecule has 1 aliphatic carbocycles. The number of hydrogen-bond donors (Lipinski definition) is 1. The molecule has 0 radical (unpaired) electrons. The van der Waals surface area contributed by atoms with Gasteiger partial charge in [0.05, 0.1) is 11.0 Å². The zero-order valence-electron chi connectivity index (χ0n) is 15.8. The number of para-hydroxylation sites is 2. The Balaban J connectivity index is 1.76. The van der Waals surface area contributed by atoms with Crippen molar-refractivity contribution < 1.29 is 9.63 Å². The summed E-state index contributed by atoms with van der Waals surface area (Å²) in [6.07, 6.45) is 4.66. The first-order valence-electron chi connectivity index (χ1n) is 9.57. The Morgan fingerprint density at radius 2 is 1.89 bits per heavy atom. The lowest BCUT2D eigenvalue weighted by atomic mass is 10.0. The van der Waals surface area contributed by atoms with Gasteiger partial charge >= 0.3 is 0 Å². The molecule has 0 bridgehead atoms. The van der Waals surface area contributed by atoms with Crippen LogP contribution in [0.4, 0.5) is 0 Å². The second kappa shape index (κ2) is 6.00. The molecule has 28 heavy (non-hydrogen) atoms. The van der Waals surface area contributed by atoms with Gasteiger partial charge in [0.1, 0.15) is 23.1 Å². The number of hydrogen-bond acceptors (Lipinski definition) is 6. The van der Waals surface area contributed by atoms with Crippen LogP contribution in [0.1, 0.15) is 51.5 Å². The standard InChI is InChI=1S/C20H21N5O3/c1-12(2)25-14-8-4-3-7-13(14)24-11-21-15(16(24)18(25)26)17-22-19(28-23-17)20(27)9-5-6-10-20/h3-4,7-8,11-12,27H,5-6,9-10H2,1-2H3. The second-order valence-electron chi connectivity index (χ2n) is 7.73. The van der Waals surface area contributed by atoms with Gasteiger partial charge in [0, 0.05) is 6.04 Å². The first-order valence-corrected chi connectivity index (χ1v) is 9.57. The number of benzene rings is 1. The van der Waals surface area contributed by atoms with Gasteiger partial charge in [-0.25, -0.2) is 4.98 Å². The normalized spacial score (nSPS) is 16.6. The molecular weight excluding hydrogens is 358 g/mol. The summed E-state index contributed by atoms with van der Waals surface area (Å²) >= 11 is 0. The van der Waals surface area contributed by atoms with Gasteiger partial charge in [-0.3, -0.25) is 9.20 Å². The fourth-order valence-corrected chi connectivity index (χ4v) is 4.19. The van der Waals surface area contributed by atoms with Crippen molar-refractivity contribution in [2.45, 2.75) is 51.2 Å². The monoisotopic (exact) mass is 379 g/mol. The Kier molecular flexibility index (Phi) is 3.67. The summed E-state index contributed by atoms with van der Waals surface area (Å²) in [5.41, 5.74) is 1.24. The Hall–Kier alpha value is -3.00. The van der Waals surface area contributed by atoms with E-state index in [2.05, 4.69) is 15.1 Å². The minimum Gasteiger partial charge on any atom is -0.380 e. The SMILES string of the molecule is CC(C)n1c(=O)c2c(-c3noc(C4(O)CCCC4)n3)ncn2c2ccccc21. The Morgan fingerprint density at radius 3 is 2.61 bits per heavy atom. The van der Waals surface area contributed by atoms with Crippen molar-refractivity contribution in [2.24, 2.45) is 0 Å². The quantitative estimate of drug-likeness (QED) is 0.587. The topological polar surface area (TPSA) is 98.5 Å². The minimum absolute atomic E-state index is 0.0230. The lowest BCUT2D eigenvalue weighted by Gasteiger charge is -2.15. The maximum Gasteiger partial charge on any atom is 0.278 e. The van der Waals surface area contributed by atoms with E-state index in [1.54, 1.807) is 15.3 Å². The van der Waals surface area contributed by atoms with E-state index in [0.29, 0.717) is 24.1 Å². The van der Waals surface area contributed by atoms with Crippen LogP contribution in [0, 0.1) is 0 Å². The van der Waals surface area contributed by atoms with Gasteiger partial charge in [0.15, 0.2) is 0 Å². The summed E-state index contributed by atoms with van der Waals surface area (Å²) in [5.74, 6) is 0.423. The van der Waals surface area contributed by atoms with Crippen LogP contribution in [0.5, 0.6) is 0 Å². The Labute approximate surface area is 160 Å². The molecule has 3 aromatic heterocycles. The smallest absolute Gasteiger partial charge is 0.278 e. The molecule has 0 saturated heterocycles. The molecule has 0 amide bonds. The van der Waals surface area contributed by atoms with Crippen LogP contribution in [0.25, 0.3) is 28.1 Å². The molecule has 1 N–H and O–H groups in total. The van der Waals surface area contributed by atoms with E-state index in [1.165, 1.54) is 0 Å². The highest BCUT2D eigenvalue weighted by atomic mass is 16.5. The first-order chi connectivity index (χ1) is 13.5. The predicted octanol–water partition coefficient (Wildman–Crippen LogP) is 3.04. The largest absolute Gasteiger partial charge is 0.380 e. The van der Waals surface area contributed by atoms with Crippen LogP contribution >= 0.6 is 0 Å². The maximum absolute atomic E-state index is 13.3. The van der Waals surface area contributed by atoms with Gasteiger partial charge in [0.25, 0.3) is 11.4 Å². The van der Waals surface area contributed by atoms with Gasteiger partial charge < -0.3 is 14.2 Å². The summed E-state index contributed by atoms with van der Waals surface area (Å²) in [6.45, 7) is 3.95. The summed E-state index contributed by atoms with van der Waals surface area (Å²) < 4.78 is 8.88. The third kappa shape index (κ3) is 2.34. The summed E-state index contributed by atoms with van der Waals surface area (Å²) in [4.78, 5) is 22.2. The van der Waals surface area contributed by atoms with E-state index in [0.717, 1.165) is 23.9 Å². The number of aliphatic hydroxyl groups is 1. The first kappa shape index (κ1) is 17.1. The summed E-state index contributed by atoms with van der Waals surface area (Å²) in [7, 11) is 0. The molecule has 0 spiro atoms. The molecule has 1 fully saturated rings. The van der Waals surface area contributed by atoms with Crippen molar-refractivity contribution in [3.05, 3.63) is 46.8 Å². The van der Waals surface area contributed by atoms with Crippen molar-refractivity contribution in [3.8, 4) is 11.5 Å². The lowest BCUT2D eigenvalue weighted by molar-refractivity contribution is 0.0112.